The molecule has 37 heavy (non-hydrogen) atoms. The van der Waals surface area contributed by atoms with Gasteiger partial charge in [-0.1, -0.05) is 43.5 Å². The van der Waals surface area contributed by atoms with Crippen molar-refractivity contribution in [2.24, 2.45) is 11.8 Å². The Bertz CT molecular complexity index is 1040. The second kappa shape index (κ2) is 11.1. The summed E-state index contributed by atoms with van der Waals surface area (Å²) in [5, 5.41) is 9.37. The summed E-state index contributed by atoms with van der Waals surface area (Å²) in [4.78, 5) is 13.6. The molecule has 2 aliphatic rings. The first kappa shape index (κ1) is 27.5. The third kappa shape index (κ3) is 6.67. The van der Waals surface area contributed by atoms with Crippen LogP contribution in [0.3, 0.4) is 0 Å². The van der Waals surface area contributed by atoms with E-state index in [0.29, 0.717) is 24.9 Å². The third-order valence-electron chi connectivity index (χ3n) is 7.87. The van der Waals surface area contributed by atoms with Crippen molar-refractivity contribution in [2.45, 2.75) is 75.8 Å². The van der Waals surface area contributed by atoms with Crippen LogP contribution < -0.4 is 0 Å². The first-order chi connectivity index (χ1) is 17.4. The number of carboxylic acid groups (broad SMARTS) is 1. The molecule has 1 N–H and O–H groups in total. The topological polar surface area (TPSA) is 40.5 Å². The van der Waals surface area contributed by atoms with Gasteiger partial charge in [-0.25, -0.2) is 0 Å². The van der Waals surface area contributed by atoms with Crippen molar-refractivity contribution in [2.75, 3.05) is 6.54 Å². The Labute approximate surface area is 212 Å². The Balaban J connectivity index is 1.72. The normalized spacial score (nSPS) is 23.1. The van der Waals surface area contributed by atoms with E-state index in [4.69, 9.17) is 0 Å². The van der Waals surface area contributed by atoms with Gasteiger partial charge in [0.2, 0.25) is 0 Å². The fourth-order valence-corrected chi connectivity index (χ4v) is 6.10. The van der Waals surface area contributed by atoms with Gasteiger partial charge in [0.25, 0.3) is 0 Å². The molecular formula is C28H31F6NO2. The lowest BCUT2D eigenvalue weighted by atomic mass is 9.76. The zero-order valence-corrected chi connectivity index (χ0v) is 20.4. The van der Waals surface area contributed by atoms with Gasteiger partial charge in [0.05, 0.1) is 11.1 Å². The summed E-state index contributed by atoms with van der Waals surface area (Å²) in [6.45, 7) is 0.520. The summed E-state index contributed by atoms with van der Waals surface area (Å²) in [6.07, 6.45) is -2.92. The number of halogens is 6. The Hall–Kier alpha value is -2.55. The molecule has 2 fully saturated rings. The summed E-state index contributed by atoms with van der Waals surface area (Å²) in [5.41, 5.74) is -0.0605. The lowest BCUT2D eigenvalue weighted by molar-refractivity contribution is -0.139. The quantitative estimate of drug-likeness (QED) is 0.385. The second-order valence-corrected chi connectivity index (χ2v) is 10.3. The summed E-state index contributed by atoms with van der Waals surface area (Å²) in [6, 6.07) is 9.68. The largest absolute Gasteiger partial charge is 0.481 e. The molecule has 0 amide bonds. The van der Waals surface area contributed by atoms with Gasteiger partial charge >= 0.3 is 18.3 Å². The number of carboxylic acids is 1. The lowest BCUT2D eigenvalue weighted by Crippen LogP contribution is -2.43. The van der Waals surface area contributed by atoms with Gasteiger partial charge in [0, 0.05) is 18.5 Å². The molecule has 1 saturated heterocycles. The minimum atomic E-state index is -4.47. The molecule has 1 aliphatic heterocycles. The summed E-state index contributed by atoms with van der Waals surface area (Å²) < 4.78 is 79.3. The molecular weight excluding hydrogens is 496 g/mol. The number of nitrogens with zero attached hydrogens (tertiary/aromatic N) is 1. The maximum Gasteiger partial charge on any atom is 0.416 e. The van der Waals surface area contributed by atoms with Gasteiger partial charge in [0.15, 0.2) is 0 Å². The molecule has 202 valence electrons. The maximum atomic E-state index is 13.2. The van der Waals surface area contributed by atoms with Crippen molar-refractivity contribution >= 4 is 5.97 Å². The van der Waals surface area contributed by atoms with E-state index in [1.165, 1.54) is 24.3 Å². The zero-order chi connectivity index (χ0) is 26.8. The van der Waals surface area contributed by atoms with Gasteiger partial charge in [-0.05, 0) is 79.5 Å². The highest BCUT2D eigenvalue weighted by atomic mass is 19.4. The molecule has 4 rings (SSSR count). The maximum absolute atomic E-state index is 13.2. The lowest BCUT2D eigenvalue weighted by Gasteiger charge is -2.47. The minimum absolute atomic E-state index is 0.0284. The summed E-state index contributed by atoms with van der Waals surface area (Å²) in [5.74, 6) is -0.865. The smallest absolute Gasteiger partial charge is 0.416 e. The zero-order valence-electron chi connectivity index (χ0n) is 20.4. The molecule has 0 radical (unpaired) electrons. The van der Waals surface area contributed by atoms with E-state index < -0.39 is 29.4 Å². The highest BCUT2D eigenvalue weighted by molar-refractivity contribution is 5.67. The van der Waals surface area contributed by atoms with Gasteiger partial charge in [-0.3, -0.25) is 9.69 Å². The van der Waals surface area contributed by atoms with Crippen molar-refractivity contribution < 1.29 is 36.2 Å². The Kier molecular flexibility index (Phi) is 8.21. The molecule has 3 atom stereocenters. The summed E-state index contributed by atoms with van der Waals surface area (Å²) in [7, 11) is 0. The van der Waals surface area contributed by atoms with E-state index in [2.05, 4.69) is 4.90 Å². The minimum Gasteiger partial charge on any atom is -0.481 e. The first-order valence-electron chi connectivity index (χ1n) is 12.8. The molecule has 0 bridgehead atoms. The predicted molar refractivity (Wildman–Crippen MR) is 127 cm³/mol. The first-order valence-corrected chi connectivity index (χ1v) is 12.8. The van der Waals surface area contributed by atoms with Gasteiger partial charge < -0.3 is 5.11 Å². The monoisotopic (exact) mass is 527 g/mol. The second-order valence-electron chi connectivity index (χ2n) is 10.3. The average Bonchev–Trinajstić information content (AvgIpc) is 2.85. The molecule has 1 saturated carbocycles. The van der Waals surface area contributed by atoms with Crippen molar-refractivity contribution in [1.82, 2.24) is 4.90 Å². The third-order valence-corrected chi connectivity index (χ3v) is 7.87. The highest BCUT2D eigenvalue weighted by Gasteiger charge is 2.40. The van der Waals surface area contributed by atoms with E-state index in [9.17, 15) is 36.2 Å². The standard InChI is InChI=1S/C28H31F6NO2/c29-27(30,31)22-10-6-19(7-11-22)24-16-18(17-25(36)37)14-15-35(24)26(20-4-2-1-3-5-20)21-8-12-23(13-9-21)28(32,33)34/h6-13,18,20,24,26H,1-5,14-17H2,(H,36,37). The molecule has 3 unspecified atom stereocenters. The van der Waals surface area contributed by atoms with Crippen LogP contribution in [0.15, 0.2) is 48.5 Å². The highest BCUT2D eigenvalue weighted by Crippen LogP contribution is 2.47. The summed E-state index contributed by atoms with van der Waals surface area (Å²) >= 11 is 0. The van der Waals surface area contributed by atoms with Crippen LogP contribution in [-0.4, -0.2) is 22.5 Å². The number of aliphatic carboxylic acids is 1. The Morgan fingerprint density at radius 2 is 1.38 bits per heavy atom. The predicted octanol–water partition coefficient (Wildman–Crippen LogP) is 8.27. The molecule has 1 aliphatic carbocycles. The van der Waals surface area contributed by atoms with Crippen molar-refractivity contribution in [3.63, 3.8) is 0 Å². The molecule has 2 aromatic carbocycles. The Morgan fingerprint density at radius 1 is 0.838 bits per heavy atom. The van der Waals surface area contributed by atoms with Crippen LogP contribution in [-0.2, 0) is 17.1 Å². The average molecular weight is 528 g/mol. The van der Waals surface area contributed by atoms with Gasteiger partial charge in [0.1, 0.15) is 0 Å². The van der Waals surface area contributed by atoms with E-state index in [0.717, 1.165) is 61.9 Å². The van der Waals surface area contributed by atoms with E-state index in [1.807, 2.05) is 0 Å². The SMILES string of the molecule is O=C(O)CC1CCN(C(c2ccc(C(F)(F)F)cc2)C2CCCCC2)C(c2ccc(C(F)(F)F)cc2)C1. The number of hydrogen-bond acceptors (Lipinski definition) is 2. The van der Waals surface area contributed by atoms with Crippen LogP contribution in [0.25, 0.3) is 0 Å². The van der Waals surface area contributed by atoms with Crippen molar-refractivity contribution in [3.05, 3.63) is 70.8 Å². The fraction of sp³-hybridized carbons (Fsp3) is 0.536. The molecule has 1 heterocycles. The number of benzene rings is 2. The number of piperidine rings is 1. The van der Waals surface area contributed by atoms with Gasteiger partial charge in [-0.15, -0.1) is 0 Å². The van der Waals surface area contributed by atoms with Crippen LogP contribution >= 0.6 is 0 Å². The van der Waals surface area contributed by atoms with Crippen LogP contribution in [0, 0.1) is 11.8 Å². The number of likely N-dealkylation sites (tertiary alicyclic amines) is 1. The molecule has 0 aromatic heterocycles. The van der Waals surface area contributed by atoms with Crippen LogP contribution in [0.5, 0.6) is 0 Å². The molecule has 2 aromatic rings. The van der Waals surface area contributed by atoms with E-state index in [1.54, 1.807) is 0 Å². The van der Waals surface area contributed by atoms with E-state index in [-0.39, 0.29) is 30.3 Å². The Morgan fingerprint density at radius 3 is 1.89 bits per heavy atom. The van der Waals surface area contributed by atoms with Gasteiger partial charge in [-0.2, -0.15) is 26.3 Å². The number of hydrogen-bond donors (Lipinski definition) is 1. The van der Waals surface area contributed by atoms with E-state index >= 15 is 0 Å². The molecule has 9 heteroatoms. The van der Waals surface area contributed by atoms with Crippen molar-refractivity contribution in [1.29, 1.82) is 0 Å². The van der Waals surface area contributed by atoms with Crippen molar-refractivity contribution in [3.8, 4) is 0 Å². The van der Waals surface area contributed by atoms with Crippen LogP contribution in [0.4, 0.5) is 26.3 Å². The van der Waals surface area contributed by atoms with Crippen LogP contribution in [0.1, 0.15) is 85.7 Å². The fourth-order valence-electron chi connectivity index (χ4n) is 6.10. The number of alkyl halides is 6. The number of carbonyl (C=O) groups is 1. The molecule has 0 spiro atoms. The number of rotatable bonds is 6. The molecule has 3 nitrogen and oxygen atoms in total. The van der Waals surface area contributed by atoms with Crippen LogP contribution in [0.2, 0.25) is 0 Å².